The maximum absolute atomic E-state index is 11.2. The first-order valence-corrected chi connectivity index (χ1v) is 4.14. The molecule has 0 spiro atoms. The van der Waals surface area contributed by atoms with E-state index in [1.54, 1.807) is 6.20 Å². The highest BCUT2D eigenvalue weighted by molar-refractivity contribution is 5.85. The third-order valence-corrected chi connectivity index (χ3v) is 1.89. The fourth-order valence-corrected chi connectivity index (χ4v) is 1.18. The van der Waals surface area contributed by atoms with Crippen LogP contribution in [-0.4, -0.2) is 25.6 Å². The zero-order chi connectivity index (χ0) is 10.8. The second-order valence-electron chi connectivity index (χ2n) is 2.84. The Bertz CT molecular complexity index is 538. The van der Waals surface area contributed by atoms with Crippen molar-refractivity contribution in [1.29, 1.82) is 0 Å². The molecule has 15 heavy (non-hydrogen) atoms. The number of hydrogen-bond acceptors (Lipinski definition) is 3. The first-order chi connectivity index (χ1) is 7.18. The van der Waals surface area contributed by atoms with Crippen LogP contribution in [0.15, 0.2) is 35.5 Å². The Morgan fingerprint density at radius 2 is 2.27 bits per heavy atom. The zero-order valence-corrected chi connectivity index (χ0v) is 7.54. The number of nitrogens with one attached hydrogen (secondary N) is 1. The Morgan fingerprint density at radius 3 is 2.73 bits per heavy atom. The molecule has 6 heteroatoms. The second-order valence-corrected chi connectivity index (χ2v) is 2.84. The number of nitrogens with zero attached hydrogens (tertiary/aromatic N) is 2. The van der Waals surface area contributed by atoms with Crippen LogP contribution >= 0.6 is 0 Å². The van der Waals surface area contributed by atoms with Crippen LogP contribution < -0.4 is 5.69 Å². The van der Waals surface area contributed by atoms with Crippen molar-refractivity contribution >= 4 is 5.97 Å². The summed E-state index contributed by atoms with van der Waals surface area (Å²) in [6.45, 7) is 0. The summed E-state index contributed by atoms with van der Waals surface area (Å²) in [4.78, 5) is 27.9. The number of carboxylic acid groups (broad SMARTS) is 1. The Balaban J connectivity index is 2.44. The van der Waals surface area contributed by atoms with E-state index < -0.39 is 5.97 Å². The van der Waals surface area contributed by atoms with Crippen LogP contribution in [0, 0.1) is 0 Å². The molecule has 2 rings (SSSR count). The van der Waals surface area contributed by atoms with E-state index in [0.29, 0.717) is 5.69 Å². The van der Waals surface area contributed by atoms with Gasteiger partial charge in [0, 0.05) is 12.4 Å². The molecule has 0 aliphatic rings. The molecule has 0 amide bonds. The number of H-pyrrole nitrogens is 1. The van der Waals surface area contributed by atoms with E-state index in [-0.39, 0.29) is 11.4 Å². The third kappa shape index (κ3) is 1.64. The highest BCUT2D eigenvalue weighted by Crippen LogP contribution is 2.03. The number of hydrogen-bond donors (Lipinski definition) is 2. The summed E-state index contributed by atoms with van der Waals surface area (Å²) in [6, 6.07) is 2.86. The topological polar surface area (TPSA) is 88.0 Å². The predicted molar refractivity (Wildman–Crippen MR) is 51.1 cm³/mol. The van der Waals surface area contributed by atoms with Gasteiger partial charge in [0.2, 0.25) is 0 Å². The summed E-state index contributed by atoms with van der Waals surface area (Å²) in [5, 5.41) is 8.62. The monoisotopic (exact) mass is 205 g/mol. The summed E-state index contributed by atoms with van der Waals surface area (Å²) in [5.74, 6) is -1.09. The average Bonchev–Trinajstić information content (AvgIpc) is 2.65. The fraction of sp³-hybridized carbons (Fsp3) is 0. The van der Waals surface area contributed by atoms with Gasteiger partial charge in [0.15, 0.2) is 0 Å². The van der Waals surface area contributed by atoms with Gasteiger partial charge in [-0.2, -0.15) is 0 Å². The Hall–Kier alpha value is -2.37. The van der Waals surface area contributed by atoms with E-state index in [0.717, 1.165) is 0 Å². The summed E-state index contributed by atoms with van der Waals surface area (Å²) in [7, 11) is 0. The van der Waals surface area contributed by atoms with Crippen LogP contribution in [0.4, 0.5) is 0 Å². The minimum absolute atomic E-state index is 0.0534. The molecule has 2 heterocycles. The molecule has 0 saturated heterocycles. The normalized spacial score (nSPS) is 10.1. The van der Waals surface area contributed by atoms with E-state index in [1.807, 2.05) is 0 Å². The highest BCUT2D eigenvalue weighted by atomic mass is 16.4. The van der Waals surface area contributed by atoms with Gasteiger partial charge in [0.05, 0.1) is 11.9 Å². The average molecular weight is 205 g/mol. The molecule has 0 fully saturated rings. The van der Waals surface area contributed by atoms with Crippen LogP contribution in [0.3, 0.4) is 0 Å². The van der Waals surface area contributed by atoms with Gasteiger partial charge in [-0.05, 0) is 12.1 Å². The van der Waals surface area contributed by atoms with Crippen LogP contribution in [0.1, 0.15) is 10.5 Å². The second kappa shape index (κ2) is 3.41. The Morgan fingerprint density at radius 1 is 1.47 bits per heavy atom. The molecule has 6 nitrogen and oxygen atoms in total. The van der Waals surface area contributed by atoms with E-state index in [4.69, 9.17) is 5.11 Å². The third-order valence-electron chi connectivity index (χ3n) is 1.89. The first kappa shape index (κ1) is 9.20. The molecule has 0 radical (unpaired) electrons. The van der Waals surface area contributed by atoms with Gasteiger partial charge in [-0.3, -0.25) is 4.57 Å². The fourth-order valence-electron chi connectivity index (χ4n) is 1.18. The highest BCUT2D eigenvalue weighted by Gasteiger charge is 2.05. The van der Waals surface area contributed by atoms with Crippen molar-refractivity contribution in [3.8, 4) is 5.69 Å². The number of imidazole rings is 1. The van der Waals surface area contributed by atoms with Crippen LogP contribution in [0.25, 0.3) is 5.69 Å². The minimum Gasteiger partial charge on any atom is -0.477 e. The molecule has 0 unspecified atom stereocenters. The summed E-state index contributed by atoms with van der Waals surface area (Å²) < 4.78 is 1.33. The molecule has 2 aromatic heterocycles. The van der Waals surface area contributed by atoms with Crippen molar-refractivity contribution in [3.05, 3.63) is 46.9 Å². The van der Waals surface area contributed by atoms with Crippen LogP contribution in [0.5, 0.6) is 0 Å². The molecule has 2 aromatic rings. The van der Waals surface area contributed by atoms with Gasteiger partial charge in [-0.25, -0.2) is 14.6 Å². The van der Waals surface area contributed by atoms with Gasteiger partial charge in [0.1, 0.15) is 5.69 Å². The number of pyridine rings is 1. The van der Waals surface area contributed by atoms with Crippen molar-refractivity contribution in [3.63, 3.8) is 0 Å². The number of aromatic amines is 1. The predicted octanol–water partition coefficient (Wildman–Crippen LogP) is 0.259. The zero-order valence-electron chi connectivity index (χ0n) is 7.54. The van der Waals surface area contributed by atoms with E-state index in [9.17, 15) is 9.59 Å². The molecule has 2 N–H and O–H groups in total. The lowest BCUT2D eigenvalue weighted by Crippen LogP contribution is -2.14. The summed E-state index contributed by atoms with van der Waals surface area (Å²) in [6.07, 6.45) is 4.37. The molecule has 0 aromatic carbocycles. The lowest BCUT2D eigenvalue weighted by molar-refractivity contribution is 0.0690. The van der Waals surface area contributed by atoms with Gasteiger partial charge in [-0.1, -0.05) is 0 Å². The van der Waals surface area contributed by atoms with Gasteiger partial charge < -0.3 is 10.1 Å². The Kier molecular flexibility index (Phi) is 2.09. The van der Waals surface area contributed by atoms with Gasteiger partial charge in [-0.15, -0.1) is 0 Å². The molecular formula is C9H7N3O3. The Labute approximate surface area is 83.8 Å². The molecule has 0 atom stereocenters. The van der Waals surface area contributed by atoms with Crippen LogP contribution in [0.2, 0.25) is 0 Å². The van der Waals surface area contributed by atoms with Gasteiger partial charge >= 0.3 is 11.7 Å². The van der Waals surface area contributed by atoms with Crippen molar-refractivity contribution < 1.29 is 9.90 Å². The lowest BCUT2D eigenvalue weighted by atomic mass is 10.3. The summed E-state index contributed by atoms with van der Waals surface area (Å²) in [5.41, 5.74) is 0.174. The molecule has 76 valence electrons. The standard InChI is InChI=1S/C9H7N3O3/c13-8(14)7-2-1-6(5-11-7)12-4-3-10-9(12)15/h1-5H,(H,10,15)(H,13,14). The van der Waals surface area contributed by atoms with Crippen molar-refractivity contribution in [2.24, 2.45) is 0 Å². The number of rotatable bonds is 2. The van der Waals surface area contributed by atoms with E-state index >= 15 is 0 Å². The quantitative estimate of drug-likeness (QED) is 0.736. The van der Waals surface area contributed by atoms with E-state index in [1.165, 1.54) is 29.1 Å². The number of aromatic carboxylic acids is 1. The smallest absolute Gasteiger partial charge is 0.354 e. The largest absolute Gasteiger partial charge is 0.477 e. The molecule has 0 aliphatic heterocycles. The minimum atomic E-state index is -1.09. The van der Waals surface area contributed by atoms with Crippen molar-refractivity contribution in [1.82, 2.24) is 14.5 Å². The molecule has 0 saturated carbocycles. The van der Waals surface area contributed by atoms with Crippen molar-refractivity contribution in [2.75, 3.05) is 0 Å². The van der Waals surface area contributed by atoms with Gasteiger partial charge in [0.25, 0.3) is 0 Å². The molecule has 0 bridgehead atoms. The maximum atomic E-state index is 11.2. The number of carbonyl (C=O) groups is 1. The summed E-state index contributed by atoms with van der Waals surface area (Å²) >= 11 is 0. The maximum Gasteiger partial charge on any atom is 0.354 e. The van der Waals surface area contributed by atoms with E-state index in [2.05, 4.69) is 9.97 Å². The first-order valence-electron chi connectivity index (χ1n) is 4.14. The molecular weight excluding hydrogens is 198 g/mol. The van der Waals surface area contributed by atoms with Crippen LogP contribution in [-0.2, 0) is 0 Å². The number of aromatic nitrogens is 3. The molecule has 0 aliphatic carbocycles. The lowest BCUT2D eigenvalue weighted by Gasteiger charge is -1.99. The number of carboxylic acids is 1. The van der Waals surface area contributed by atoms with Crippen molar-refractivity contribution in [2.45, 2.75) is 0 Å². The SMILES string of the molecule is O=C(O)c1ccc(-n2cc[nH]c2=O)cn1.